The molecule has 32 heavy (non-hydrogen) atoms. The predicted molar refractivity (Wildman–Crippen MR) is 101 cm³/mol. The van der Waals surface area contributed by atoms with Crippen LogP contribution in [0.15, 0.2) is 18.2 Å². The Hall–Kier alpha value is -2.52. The van der Waals surface area contributed by atoms with Crippen molar-refractivity contribution in [3.05, 3.63) is 29.3 Å². The molecule has 3 aliphatic rings. The molecule has 0 aromatic heterocycles. The van der Waals surface area contributed by atoms with E-state index < -0.39 is 63.9 Å². The lowest BCUT2D eigenvalue weighted by Gasteiger charge is -2.46. The van der Waals surface area contributed by atoms with Crippen LogP contribution < -0.4 is 4.90 Å². The summed E-state index contributed by atoms with van der Waals surface area (Å²) in [7, 11) is 0. The molecule has 11 heteroatoms. The van der Waals surface area contributed by atoms with E-state index in [0.717, 1.165) is 12.1 Å². The number of nitrogens with zero attached hydrogens (tertiary/aromatic N) is 2. The van der Waals surface area contributed by atoms with E-state index in [2.05, 4.69) is 0 Å². The van der Waals surface area contributed by atoms with Gasteiger partial charge in [-0.05, 0) is 39.0 Å². The van der Waals surface area contributed by atoms with E-state index in [4.69, 9.17) is 19.8 Å². The van der Waals surface area contributed by atoms with Gasteiger partial charge in [0.15, 0.2) is 0 Å². The van der Waals surface area contributed by atoms with Crippen molar-refractivity contribution in [1.82, 2.24) is 0 Å². The van der Waals surface area contributed by atoms with Crippen LogP contribution in [0.2, 0.25) is 0 Å². The minimum atomic E-state index is -4.87. The van der Waals surface area contributed by atoms with Gasteiger partial charge in [0.2, 0.25) is 11.8 Å². The van der Waals surface area contributed by atoms with Gasteiger partial charge < -0.3 is 19.7 Å². The summed E-state index contributed by atoms with van der Waals surface area (Å²) in [6, 6.07) is 4.07. The number of aliphatic hydroxyl groups excluding tert-OH is 2. The largest absolute Gasteiger partial charge is 0.417 e. The number of anilines is 1. The Kier molecular flexibility index (Phi) is 4.78. The summed E-state index contributed by atoms with van der Waals surface area (Å²) in [5.74, 6) is -3.86. The standard InChI is InChI=1S/C21H21F3N2O6/c1-18-13-14(19(2,32-18)20(3,17(18)30)31-7-6-27)16(29)26(15(13)28)11-5-4-10(9-25)12(8-11)21(22,23)24/h4-5,8,13-14,17,27,30H,6-7H2,1-3H3/t13-,14+,17+,18?,19?,20?/m1/s1. The number of amides is 2. The average Bonchev–Trinajstić information content (AvgIpc) is 3.20. The summed E-state index contributed by atoms with van der Waals surface area (Å²) >= 11 is 0. The first-order valence-electron chi connectivity index (χ1n) is 9.90. The van der Waals surface area contributed by atoms with Gasteiger partial charge in [-0.3, -0.25) is 9.59 Å². The van der Waals surface area contributed by atoms with Gasteiger partial charge in [0, 0.05) is 0 Å². The van der Waals surface area contributed by atoms with Crippen molar-refractivity contribution >= 4 is 17.5 Å². The number of carbonyl (C=O) groups excluding carboxylic acids is 2. The van der Waals surface area contributed by atoms with E-state index in [9.17, 15) is 27.9 Å². The summed E-state index contributed by atoms with van der Waals surface area (Å²) in [5.41, 5.74) is -6.70. The fourth-order valence-corrected chi connectivity index (χ4v) is 5.58. The fourth-order valence-electron chi connectivity index (χ4n) is 5.58. The number of alkyl halides is 3. The first-order chi connectivity index (χ1) is 14.8. The van der Waals surface area contributed by atoms with E-state index in [1.165, 1.54) is 26.8 Å². The van der Waals surface area contributed by atoms with Crippen LogP contribution >= 0.6 is 0 Å². The third-order valence-electron chi connectivity index (χ3n) is 7.18. The highest BCUT2D eigenvalue weighted by Gasteiger charge is 2.83. The highest BCUT2D eigenvalue weighted by molar-refractivity contribution is 6.23. The van der Waals surface area contributed by atoms with Crippen LogP contribution in [0.5, 0.6) is 0 Å². The lowest BCUT2D eigenvalue weighted by Crippen LogP contribution is -2.65. The van der Waals surface area contributed by atoms with Gasteiger partial charge in [-0.25, -0.2) is 4.90 Å². The van der Waals surface area contributed by atoms with Gasteiger partial charge in [0.25, 0.3) is 0 Å². The van der Waals surface area contributed by atoms with Crippen LogP contribution in [0.1, 0.15) is 31.9 Å². The van der Waals surface area contributed by atoms with E-state index >= 15 is 0 Å². The molecule has 3 saturated heterocycles. The van der Waals surface area contributed by atoms with Crippen LogP contribution in [0.25, 0.3) is 0 Å². The zero-order valence-electron chi connectivity index (χ0n) is 17.4. The number of fused-ring (bicyclic) bond motifs is 5. The minimum Gasteiger partial charge on any atom is -0.394 e. The Morgan fingerprint density at radius 3 is 2.41 bits per heavy atom. The van der Waals surface area contributed by atoms with Crippen molar-refractivity contribution in [3.63, 3.8) is 0 Å². The molecular weight excluding hydrogens is 433 g/mol. The van der Waals surface area contributed by atoms with Crippen LogP contribution in [0, 0.1) is 23.2 Å². The number of carbonyl (C=O) groups is 2. The number of hydrogen-bond donors (Lipinski definition) is 2. The molecule has 1 aromatic rings. The maximum absolute atomic E-state index is 13.4. The van der Waals surface area contributed by atoms with Crippen LogP contribution in [0.3, 0.4) is 0 Å². The second kappa shape index (κ2) is 6.74. The van der Waals surface area contributed by atoms with Crippen LogP contribution in [-0.2, 0) is 25.2 Å². The summed E-state index contributed by atoms with van der Waals surface area (Å²) in [5, 5.41) is 29.2. The quantitative estimate of drug-likeness (QED) is 0.660. The molecule has 3 unspecified atom stereocenters. The number of rotatable bonds is 4. The molecule has 2 bridgehead atoms. The molecule has 2 amide bonds. The zero-order chi connectivity index (χ0) is 23.9. The number of hydrogen-bond acceptors (Lipinski definition) is 7. The van der Waals surface area contributed by atoms with Gasteiger partial charge >= 0.3 is 6.18 Å². The molecule has 3 aliphatic heterocycles. The molecule has 4 rings (SSSR count). The minimum absolute atomic E-state index is 0.156. The molecule has 0 radical (unpaired) electrons. The van der Waals surface area contributed by atoms with Crippen molar-refractivity contribution in [2.75, 3.05) is 18.1 Å². The summed E-state index contributed by atoms with van der Waals surface area (Å²) in [4.78, 5) is 27.4. The molecule has 6 atom stereocenters. The number of aliphatic hydroxyl groups is 2. The van der Waals surface area contributed by atoms with Crippen molar-refractivity contribution in [2.24, 2.45) is 11.8 Å². The van der Waals surface area contributed by atoms with E-state index in [-0.39, 0.29) is 18.9 Å². The van der Waals surface area contributed by atoms with Crippen molar-refractivity contribution in [3.8, 4) is 6.07 Å². The Bertz CT molecular complexity index is 1050. The highest BCUT2D eigenvalue weighted by atomic mass is 19.4. The smallest absolute Gasteiger partial charge is 0.394 e. The number of nitriles is 1. The van der Waals surface area contributed by atoms with Gasteiger partial charge in [-0.15, -0.1) is 0 Å². The fraction of sp³-hybridized carbons (Fsp3) is 0.571. The lowest BCUT2D eigenvalue weighted by atomic mass is 9.60. The lowest BCUT2D eigenvalue weighted by molar-refractivity contribution is -0.184. The average molecular weight is 454 g/mol. The molecule has 3 fully saturated rings. The molecule has 172 valence electrons. The predicted octanol–water partition coefficient (Wildman–Crippen LogP) is 1.37. The monoisotopic (exact) mass is 454 g/mol. The van der Waals surface area contributed by atoms with Gasteiger partial charge in [-0.2, -0.15) is 18.4 Å². The van der Waals surface area contributed by atoms with Gasteiger partial charge in [0.1, 0.15) is 22.9 Å². The molecular formula is C21H21F3N2O6. The number of imide groups is 1. The zero-order valence-corrected chi connectivity index (χ0v) is 17.4. The van der Waals surface area contributed by atoms with E-state index in [1.807, 2.05) is 0 Å². The summed E-state index contributed by atoms with van der Waals surface area (Å²) in [6.07, 6.45) is -6.22. The third-order valence-corrected chi connectivity index (χ3v) is 7.18. The van der Waals surface area contributed by atoms with Crippen molar-refractivity contribution < 1.29 is 42.4 Å². The topological polar surface area (TPSA) is 120 Å². The molecule has 0 spiro atoms. The molecule has 8 nitrogen and oxygen atoms in total. The van der Waals surface area contributed by atoms with Gasteiger partial charge in [-0.1, -0.05) is 0 Å². The Labute approximate surface area is 181 Å². The second-order valence-corrected chi connectivity index (χ2v) is 8.78. The van der Waals surface area contributed by atoms with E-state index in [1.54, 1.807) is 0 Å². The molecule has 1 aromatic carbocycles. The maximum atomic E-state index is 13.4. The maximum Gasteiger partial charge on any atom is 0.417 e. The van der Waals surface area contributed by atoms with Crippen LogP contribution in [-0.4, -0.2) is 58.1 Å². The summed E-state index contributed by atoms with van der Waals surface area (Å²) in [6.45, 7) is 3.98. The molecule has 3 heterocycles. The Morgan fingerprint density at radius 1 is 1.22 bits per heavy atom. The normalized spacial score (nSPS) is 38.3. The van der Waals surface area contributed by atoms with Crippen LogP contribution in [0.4, 0.5) is 18.9 Å². The third kappa shape index (κ3) is 2.58. The number of benzene rings is 1. The van der Waals surface area contributed by atoms with Crippen molar-refractivity contribution in [2.45, 2.75) is 49.9 Å². The Balaban J connectivity index is 1.81. The molecule has 0 aliphatic carbocycles. The Morgan fingerprint density at radius 2 is 1.84 bits per heavy atom. The molecule has 0 saturated carbocycles. The second-order valence-electron chi connectivity index (χ2n) is 8.78. The number of ether oxygens (including phenoxy) is 2. The SMILES string of the molecule is CC12OC(C)([C@@H]3C(=O)N(c4ccc(C#N)c(C(F)(F)F)c4)C(=O)[C@@H]31)C(C)(OCCO)[C@H]2O. The summed E-state index contributed by atoms with van der Waals surface area (Å²) < 4.78 is 52.0. The first kappa shape index (κ1) is 22.7. The van der Waals surface area contributed by atoms with Crippen molar-refractivity contribution in [1.29, 1.82) is 5.26 Å². The molecule has 2 N–H and O–H groups in total. The van der Waals surface area contributed by atoms with E-state index in [0.29, 0.717) is 11.0 Å². The number of halogens is 3. The first-order valence-corrected chi connectivity index (χ1v) is 9.90. The highest BCUT2D eigenvalue weighted by Crippen LogP contribution is 2.65. The van der Waals surface area contributed by atoms with Gasteiger partial charge in [0.05, 0.1) is 47.9 Å².